The van der Waals surface area contributed by atoms with Gasteiger partial charge in [-0.05, 0) is 25.8 Å². The van der Waals surface area contributed by atoms with Crippen LogP contribution in [-0.2, 0) is 6.42 Å². The first-order valence-electron chi connectivity index (χ1n) is 6.13. The topological polar surface area (TPSA) is 53.7 Å². The number of halogens is 1. The first kappa shape index (κ1) is 13.3. The molecule has 0 aliphatic carbocycles. The van der Waals surface area contributed by atoms with E-state index >= 15 is 0 Å². The maximum atomic E-state index is 6.33. The number of unbranched alkanes of at least 4 members (excludes halogenated alkanes) is 1. The largest absolute Gasteiger partial charge is 0.495 e. The summed E-state index contributed by atoms with van der Waals surface area (Å²) in [6.07, 6.45) is 2.75. The Balaban J connectivity index is 2.33. The molecule has 0 amide bonds. The van der Waals surface area contributed by atoms with E-state index in [4.69, 9.17) is 31.5 Å². The highest BCUT2D eigenvalue weighted by atomic mass is 35.5. The highest BCUT2D eigenvalue weighted by Crippen LogP contribution is 2.44. The average molecular weight is 272 g/mol. The lowest BCUT2D eigenvalue weighted by atomic mass is 10.1. The van der Waals surface area contributed by atoms with Crippen molar-refractivity contribution in [2.24, 2.45) is 5.73 Å². The summed E-state index contributed by atoms with van der Waals surface area (Å²) in [5.74, 6) is 2.10. The molecular formula is C13H18ClNO3. The van der Waals surface area contributed by atoms with Gasteiger partial charge in [-0.3, -0.25) is 0 Å². The highest BCUT2D eigenvalue weighted by Gasteiger charge is 2.22. The lowest BCUT2D eigenvalue weighted by molar-refractivity contribution is 0.169. The molecule has 1 aromatic carbocycles. The number of benzene rings is 1. The molecule has 0 aromatic heterocycles. The van der Waals surface area contributed by atoms with Crippen molar-refractivity contribution in [3.05, 3.63) is 16.7 Å². The van der Waals surface area contributed by atoms with Crippen molar-refractivity contribution in [1.29, 1.82) is 0 Å². The van der Waals surface area contributed by atoms with Crippen molar-refractivity contribution in [2.45, 2.75) is 19.3 Å². The molecule has 1 aliphatic rings. The Morgan fingerprint density at radius 3 is 2.83 bits per heavy atom. The second-order valence-electron chi connectivity index (χ2n) is 4.14. The summed E-state index contributed by atoms with van der Waals surface area (Å²) in [6, 6.07) is 1.78. The van der Waals surface area contributed by atoms with E-state index in [1.165, 1.54) is 0 Å². The SMILES string of the molecule is COc1cc2c(c(CCCCN)c1Cl)OCCO2. The van der Waals surface area contributed by atoms with Gasteiger partial charge in [-0.1, -0.05) is 11.6 Å². The van der Waals surface area contributed by atoms with Gasteiger partial charge in [0, 0.05) is 11.6 Å². The van der Waals surface area contributed by atoms with Crippen molar-refractivity contribution < 1.29 is 14.2 Å². The fraction of sp³-hybridized carbons (Fsp3) is 0.538. The van der Waals surface area contributed by atoms with Crippen molar-refractivity contribution >= 4 is 11.6 Å². The van der Waals surface area contributed by atoms with Crippen LogP contribution in [0.5, 0.6) is 17.2 Å². The zero-order valence-corrected chi connectivity index (χ0v) is 11.3. The predicted molar refractivity (Wildman–Crippen MR) is 71.0 cm³/mol. The second kappa shape index (κ2) is 6.16. The molecule has 4 nitrogen and oxygen atoms in total. The summed E-state index contributed by atoms with van der Waals surface area (Å²) in [5, 5.41) is 0.610. The van der Waals surface area contributed by atoms with Crippen LogP contribution in [0.15, 0.2) is 6.07 Å². The lowest BCUT2D eigenvalue weighted by Gasteiger charge is -2.23. The summed E-state index contributed by atoms with van der Waals surface area (Å²) in [5.41, 5.74) is 6.47. The van der Waals surface area contributed by atoms with E-state index in [1.807, 2.05) is 0 Å². The second-order valence-corrected chi connectivity index (χ2v) is 4.52. The molecule has 5 heteroatoms. The standard InChI is InChI=1S/C13H18ClNO3/c1-16-10-8-11-13(18-7-6-17-11)9(12(10)14)4-2-3-5-15/h8H,2-7,15H2,1H3. The third-order valence-electron chi connectivity index (χ3n) is 2.93. The van der Waals surface area contributed by atoms with Gasteiger partial charge in [-0.2, -0.15) is 0 Å². The minimum Gasteiger partial charge on any atom is -0.495 e. The average Bonchev–Trinajstić information content (AvgIpc) is 2.41. The van der Waals surface area contributed by atoms with E-state index in [-0.39, 0.29) is 0 Å². The minimum atomic E-state index is 0.555. The molecule has 1 heterocycles. The van der Waals surface area contributed by atoms with Gasteiger partial charge < -0.3 is 19.9 Å². The lowest BCUT2D eigenvalue weighted by Crippen LogP contribution is -2.17. The number of rotatable bonds is 5. The summed E-state index contributed by atoms with van der Waals surface area (Å²) in [4.78, 5) is 0. The fourth-order valence-corrected chi connectivity index (χ4v) is 2.34. The summed E-state index contributed by atoms with van der Waals surface area (Å²) >= 11 is 6.33. The predicted octanol–water partition coefficient (Wildman–Crippen LogP) is 2.40. The Bertz CT molecular complexity index is 423. The van der Waals surface area contributed by atoms with E-state index in [1.54, 1.807) is 13.2 Å². The Labute approximate surface area is 112 Å². The van der Waals surface area contributed by atoms with Gasteiger partial charge in [0.1, 0.15) is 19.0 Å². The van der Waals surface area contributed by atoms with E-state index in [0.717, 1.165) is 30.6 Å². The van der Waals surface area contributed by atoms with Crippen LogP contribution in [0.4, 0.5) is 0 Å². The fourth-order valence-electron chi connectivity index (χ4n) is 2.02. The van der Waals surface area contributed by atoms with Gasteiger partial charge in [0.2, 0.25) is 0 Å². The molecular weight excluding hydrogens is 254 g/mol. The minimum absolute atomic E-state index is 0.555. The number of nitrogens with two attached hydrogens (primary N) is 1. The zero-order chi connectivity index (χ0) is 13.0. The Morgan fingerprint density at radius 1 is 1.33 bits per heavy atom. The van der Waals surface area contributed by atoms with Crippen LogP contribution in [0, 0.1) is 0 Å². The molecule has 2 rings (SSSR count). The maximum Gasteiger partial charge on any atom is 0.166 e. The van der Waals surface area contributed by atoms with Crippen LogP contribution in [-0.4, -0.2) is 26.9 Å². The summed E-state index contributed by atoms with van der Waals surface area (Å²) < 4.78 is 16.5. The van der Waals surface area contributed by atoms with Crippen LogP contribution in [0.25, 0.3) is 0 Å². The van der Waals surface area contributed by atoms with Gasteiger partial charge in [0.25, 0.3) is 0 Å². The molecule has 0 bridgehead atoms. The zero-order valence-electron chi connectivity index (χ0n) is 10.5. The number of methoxy groups -OCH3 is 1. The van der Waals surface area contributed by atoms with Gasteiger partial charge in [0.05, 0.1) is 12.1 Å². The van der Waals surface area contributed by atoms with Crippen molar-refractivity contribution in [2.75, 3.05) is 26.9 Å². The molecule has 18 heavy (non-hydrogen) atoms. The van der Waals surface area contributed by atoms with Crippen LogP contribution in [0.1, 0.15) is 18.4 Å². The summed E-state index contributed by atoms with van der Waals surface area (Å²) in [7, 11) is 1.60. The Hall–Kier alpha value is -1.13. The first-order chi connectivity index (χ1) is 8.77. The Morgan fingerprint density at radius 2 is 2.11 bits per heavy atom. The quantitative estimate of drug-likeness (QED) is 0.836. The van der Waals surface area contributed by atoms with Crippen molar-refractivity contribution in [1.82, 2.24) is 0 Å². The van der Waals surface area contributed by atoms with E-state index < -0.39 is 0 Å². The molecule has 2 N–H and O–H groups in total. The molecule has 0 spiro atoms. The third kappa shape index (κ3) is 2.65. The maximum absolute atomic E-state index is 6.33. The monoisotopic (exact) mass is 271 g/mol. The molecule has 100 valence electrons. The molecule has 0 fully saturated rings. The smallest absolute Gasteiger partial charge is 0.166 e. The molecule has 0 saturated heterocycles. The van der Waals surface area contributed by atoms with E-state index in [2.05, 4.69) is 0 Å². The molecule has 0 radical (unpaired) electrons. The molecule has 1 aromatic rings. The third-order valence-corrected chi connectivity index (χ3v) is 3.34. The molecule has 0 unspecified atom stereocenters. The molecule has 0 saturated carbocycles. The first-order valence-corrected chi connectivity index (χ1v) is 6.50. The normalized spacial score (nSPS) is 13.5. The van der Waals surface area contributed by atoms with Crippen LogP contribution in [0.2, 0.25) is 5.02 Å². The van der Waals surface area contributed by atoms with Crippen molar-refractivity contribution in [3.63, 3.8) is 0 Å². The van der Waals surface area contributed by atoms with E-state index in [0.29, 0.717) is 36.3 Å². The van der Waals surface area contributed by atoms with Gasteiger partial charge in [-0.15, -0.1) is 0 Å². The van der Waals surface area contributed by atoms with Gasteiger partial charge >= 0.3 is 0 Å². The highest BCUT2D eigenvalue weighted by molar-refractivity contribution is 6.33. The number of fused-ring (bicyclic) bond motifs is 1. The van der Waals surface area contributed by atoms with Gasteiger partial charge in [0.15, 0.2) is 11.5 Å². The summed E-state index contributed by atoms with van der Waals surface area (Å²) in [6.45, 7) is 1.79. The van der Waals surface area contributed by atoms with Crippen LogP contribution in [0.3, 0.4) is 0 Å². The van der Waals surface area contributed by atoms with Gasteiger partial charge in [-0.25, -0.2) is 0 Å². The van der Waals surface area contributed by atoms with Crippen LogP contribution >= 0.6 is 11.6 Å². The number of hydrogen-bond donors (Lipinski definition) is 1. The van der Waals surface area contributed by atoms with E-state index in [9.17, 15) is 0 Å². The number of hydrogen-bond acceptors (Lipinski definition) is 4. The van der Waals surface area contributed by atoms with Crippen molar-refractivity contribution in [3.8, 4) is 17.2 Å². The number of ether oxygens (including phenoxy) is 3. The van der Waals surface area contributed by atoms with Crippen LogP contribution < -0.4 is 19.9 Å². The Kier molecular flexibility index (Phi) is 4.55. The molecule has 0 atom stereocenters. The molecule has 1 aliphatic heterocycles.